The monoisotopic (exact) mass is 382 g/mol. The number of carbonyl (C=O) groups is 1. The second-order valence-corrected chi connectivity index (χ2v) is 1.86. The zero-order valence-electron chi connectivity index (χ0n) is 12.4. The van der Waals surface area contributed by atoms with Crippen LogP contribution >= 0.6 is 0 Å². The van der Waals surface area contributed by atoms with Crippen molar-refractivity contribution in [2.75, 3.05) is 0 Å². The van der Waals surface area contributed by atoms with Gasteiger partial charge < -0.3 is 17.7 Å². The fourth-order valence-electron chi connectivity index (χ4n) is 0. The molecule has 0 aromatic carbocycles. The average Bonchev–Trinajstić information content (AvgIpc) is 1.19. The Bertz CT molecular complexity index is 184. The standard InChI is InChI=1S/C2H4O2.Ba.K.Mg.H2O4S.H2O.5H/c1-2(3)4;;;;1-5(2,3)4;;;;;;/h1H3,(H,3,4);;;;(H2,1,2,3,4);1H2;;;;;/q;+2;+1;+2;;;5*-1. The van der Waals surface area contributed by atoms with E-state index < -0.39 is 16.4 Å². The van der Waals surface area contributed by atoms with Crippen molar-refractivity contribution in [1.82, 2.24) is 0 Å². The van der Waals surface area contributed by atoms with Crippen LogP contribution in [0.3, 0.4) is 0 Å². The minimum absolute atomic E-state index is 0. The molecule has 0 spiro atoms. The third-order valence-corrected chi connectivity index (χ3v) is 0. The van der Waals surface area contributed by atoms with Crippen LogP contribution in [0.2, 0.25) is 0 Å². The van der Waals surface area contributed by atoms with Gasteiger partial charge in [0.1, 0.15) is 0 Å². The molecule has 0 aromatic heterocycles. The fourth-order valence-corrected chi connectivity index (χ4v) is 0. The summed E-state index contributed by atoms with van der Waals surface area (Å²) in [6, 6.07) is 0. The molecule has 0 bridgehead atoms. The van der Waals surface area contributed by atoms with Crippen molar-refractivity contribution in [1.29, 1.82) is 0 Å². The Labute approximate surface area is 182 Å². The Hall–Kier alpha value is 3.27. The van der Waals surface area contributed by atoms with Crippen LogP contribution in [0.1, 0.15) is 14.1 Å². The van der Waals surface area contributed by atoms with Gasteiger partial charge in [-0.2, -0.15) is 8.42 Å². The predicted octanol–water partition coefficient (Wildman–Crippen LogP) is -4.58. The number of carboxylic acids is 1. The van der Waals surface area contributed by atoms with E-state index in [1.165, 1.54) is 0 Å². The van der Waals surface area contributed by atoms with Crippen LogP contribution in [-0.4, -0.2) is 106 Å². The summed E-state index contributed by atoms with van der Waals surface area (Å²) in [4.78, 5) is 9.00. The van der Waals surface area contributed by atoms with Gasteiger partial charge in [-0.05, 0) is 0 Å². The Kier molecular flexibility index (Phi) is 57.2. The quantitative estimate of drug-likeness (QED) is 0.284. The molecule has 0 unspecified atom stereocenters. The van der Waals surface area contributed by atoms with Gasteiger partial charge in [0.25, 0.3) is 5.97 Å². The van der Waals surface area contributed by atoms with Gasteiger partial charge in [0.05, 0.1) is 0 Å². The molecule has 0 radical (unpaired) electrons. The summed E-state index contributed by atoms with van der Waals surface area (Å²) in [6.45, 7) is 1.08. The van der Waals surface area contributed by atoms with Crippen molar-refractivity contribution in [2.45, 2.75) is 6.92 Å². The number of hydrogen-bond acceptors (Lipinski definition) is 3. The van der Waals surface area contributed by atoms with E-state index in [0.29, 0.717) is 0 Å². The van der Waals surface area contributed by atoms with E-state index in [1.807, 2.05) is 0 Å². The fraction of sp³-hybridized carbons (Fsp3) is 0.500. The predicted molar refractivity (Wildman–Crippen MR) is 48.2 cm³/mol. The number of rotatable bonds is 0. The zero-order chi connectivity index (χ0) is 8.08. The van der Waals surface area contributed by atoms with Gasteiger partial charge in [-0.1, -0.05) is 0 Å². The molecule has 0 aliphatic carbocycles. The molecule has 5 N–H and O–H groups in total. The first-order valence-corrected chi connectivity index (χ1v) is 3.02. The van der Waals surface area contributed by atoms with Crippen molar-refractivity contribution >= 4 is 88.3 Å². The van der Waals surface area contributed by atoms with Gasteiger partial charge in [0.2, 0.25) is 0 Å². The molecule has 0 fully saturated rings. The van der Waals surface area contributed by atoms with Crippen molar-refractivity contribution in [3.8, 4) is 0 Å². The Balaban J connectivity index is -0.00000000406. The van der Waals surface area contributed by atoms with Crippen LogP contribution < -0.4 is 51.4 Å². The van der Waals surface area contributed by atoms with Gasteiger partial charge in [-0.15, -0.1) is 0 Å². The summed E-state index contributed by atoms with van der Waals surface area (Å²) in [6.07, 6.45) is 0. The molecule has 7 nitrogen and oxygen atoms in total. The number of hydrogen-bond donors (Lipinski definition) is 3. The summed E-state index contributed by atoms with van der Waals surface area (Å²) in [5, 5.41) is 7.42. The summed E-state index contributed by atoms with van der Waals surface area (Å²) in [5.74, 6) is -0.833. The van der Waals surface area contributed by atoms with Gasteiger partial charge in [0, 0.05) is 6.92 Å². The van der Waals surface area contributed by atoms with Crippen molar-refractivity contribution < 1.29 is 91.4 Å². The van der Waals surface area contributed by atoms with E-state index >= 15 is 0 Å². The SMILES string of the molecule is CC(=O)O.O.O=S(=O)(O)O.[Ba+2].[H-].[H-].[H-].[H-].[H-].[K+].[Mg+2]. The van der Waals surface area contributed by atoms with Crippen LogP contribution in [0.15, 0.2) is 0 Å². The molecule has 0 atom stereocenters. The first-order chi connectivity index (χ1) is 3.73. The van der Waals surface area contributed by atoms with Gasteiger partial charge in [0.15, 0.2) is 0 Å². The summed E-state index contributed by atoms with van der Waals surface area (Å²) in [5.41, 5.74) is 0. The molecule has 0 amide bonds. The molecule has 0 rings (SSSR count). The molecule has 0 saturated heterocycles. The maximum Gasteiger partial charge on any atom is 2.00 e. The summed E-state index contributed by atoms with van der Waals surface area (Å²) >= 11 is 0. The van der Waals surface area contributed by atoms with Crippen LogP contribution in [0.5, 0.6) is 0 Å². The van der Waals surface area contributed by atoms with Crippen LogP contribution in [0.25, 0.3) is 0 Å². The molecule has 0 aliphatic heterocycles. The molecule has 13 heavy (non-hydrogen) atoms. The van der Waals surface area contributed by atoms with E-state index in [2.05, 4.69) is 0 Å². The second-order valence-electron chi connectivity index (χ2n) is 0.967. The normalized spacial score (nSPS) is 6.38. The Morgan fingerprint density at radius 1 is 1.31 bits per heavy atom. The molecule has 0 heterocycles. The van der Waals surface area contributed by atoms with E-state index in [9.17, 15) is 0 Å². The smallest absolute Gasteiger partial charge is 1.00 e. The maximum absolute atomic E-state index is 9.00. The molecule has 0 aliphatic rings. The van der Waals surface area contributed by atoms with Crippen molar-refractivity contribution in [3.63, 3.8) is 0 Å². The van der Waals surface area contributed by atoms with E-state index in [-0.39, 0.29) is 136 Å². The van der Waals surface area contributed by atoms with E-state index in [1.54, 1.807) is 0 Å². The summed E-state index contributed by atoms with van der Waals surface area (Å²) < 4.78 is 31.6. The minimum Gasteiger partial charge on any atom is -1.00 e. The van der Waals surface area contributed by atoms with Gasteiger partial charge in [-0.25, -0.2) is 0 Å². The van der Waals surface area contributed by atoms with Crippen LogP contribution in [0, 0.1) is 0 Å². The first kappa shape index (κ1) is 36.0. The largest absolute Gasteiger partial charge is 2.00 e. The average molecular weight is 382 g/mol. The molecular formula is C2H13BaKMgO7S. The second kappa shape index (κ2) is 20.7. The number of carboxylic acid groups (broad SMARTS) is 1. The molecule has 74 valence electrons. The molecule has 0 aromatic rings. The third kappa shape index (κ3) is 251. The third-order valence-electron chi connectivity index (χ3n) is 0. The number of aliphatic carboxylic acids is 1. The maximum atomic E-state index is 9.00. The van der Waals surface area contributed by atoms with E-state index in [4.69, 9.17) is 27.4 Å². The minimum atomic E-state index is -4.67. The Morgan fingerprint density at radius 2 is 1.31 bits per heavy atom. The van der Waals surface area contributed by atoms with Crippen molar-refractivity contribution in [2.24, 2.45) is 0 Å². The van der Waals surface area contributed by atoms with Crippen LogP contribution in [-0.2, 0) is 15.2 Å². The van der Waals surface area contributed by atoms with Crippen LogP contribution in [0.4, 0.5) is 0 Å². The van der Waals surface area contributed by atoms with Gasteiger partial charge in [-0.3, -0.25) is 13.9 Å². The summed E-state index contributed by atoms with van der Waals surface area (Å²) in [7, 11) is -4.67. The van der Waals surface area contributed by atoms with Gasteiger partial charge >= 0.3 is 134 Å². The molecule has 11 heteroatoms. The molecule has 0 saturated carbocycles. The van der Waals surface area contributed by atoms with E-state index in [0.717, 1.165) is 6.92 Å². The first-order valence-electron chi connectivity index (χ1n) is 1.63. The van der Waals surface area contributed by atoms with Crippen molar-refractivity contribution in [3.05, 3.63) is 0 Å². The zero-order valence-corrected chi connectivity index (χ0v) is 17.2. The topological polar surface area (TPSA) is 143 Å². The molecular weight excluding hydrogens is 369 g/mol. The Morgan fingerprint density at radius 3 is 1.31 bits per heavy atom.